The highest BCUT2D eigenvalue weighted by Gasteiger charge is 2.36. The Bertz CT molecular complexity index is 447. The fourth-order valence-electron chi connectivity index (χ4n) is 4.02. The quantitative estimate of drug-likeness (QED) is 0.905. The van der Waals surface area contributed by atoms with Crippen LogP contribution in [0.5, 0.6) is 0 Å². The van der Waals surface area contributed by atoms with Crippen molar-refractivity contribution in [3.63, 3.8) is 0 Å². The Hall–Kier alpha value is -1.07. The van der Waals surface area contributed by atoms with Crippen molar-refractivity contribution in [2.75, 3.05) is 26.1 Å². The second-order valence-corrected chi connectivity index (χ2v) is 6.68. The first kappa shape index (κ1) is 14.9. The Morgan fingerprint density at radius 3 is 2.76 bits per heavy atom. The van der Waals surface area contributed by atoms with Gasteiger partial charge in [-0.3, -0.25) is 0 Å². The van der Waals surface area contributed by atoms with Crippen LogP contribution < -0.4 is 5.32 Å². The number of fused-ring (bicyclic) bond motifs is 2. The molecule has 3 rings (SSSR count). The van der Waals surface area contributed by atoms with Crippen molar-refractivity contribution in [1.29, 1.82) is 0 Å². The molecule has 2 aliphatic rings. The van der Waals surface area contributed by atoms with Crippen LogP contribution in [0.3, 0.4) is 0 Å². The molecule has 118 valence electrons. The third-order valence-electron chi connectivity index (χ3n) is 5.22. The van der Waals surface area contributed by atoms with Crippen LogP contribution in [0.2, 0.25) is 0 Å². The number of methoxy groups -OCH3 is 1. The molecule has 1 N–H and O–H groups in total. The third kappa shape index (κ3) is 3.09. The van der Waals surface area contributed by atoms with Crippen molar-refractivity contribution in [3.05, 3.63) is 12.4 Å². The molecule has 0 aliphatic carbocycles. The lowest BCUT2D eigenvalue weighted by molar-refractivity contribution is 0.0605. The van der Waals surface area contributed by atoms with Crippen molar-refractivity contribution in [2.45, 2.75) is 63.2 Å². The predicted molar refractivity (Wildman–Crippen MR) is 84.6 cm³/mol. The zero-order valence-electron chi connectivity index (χ0n) is 13.5. The fourth-order valence-corrected chi connectivity index (χ4v) is 4.02. The molecule has 5 nitrogen and oxygen atoms in total. The minimum Gasteiger partial charge on any atom is -0.383 e. The molecule has 2 saturated heterocycles. The van der Waals surface area contributed by atoms with Crippen LogP contribution in [0.15, 0.2) is 12.4 Å². The van der Waals surface area contributed by atoms with E-state index < -0.39 is 0 Å². The summed E-state index contributed by atoms with van der Waals surface area (Å²) in [6.45, 7) is 2.88. The van der Waals surface area contributed by atoms with E-state index in [1.54, 1.807) is 7.11 Å². The molecule has 0 amide bonds. The van der Waals surface area contributed by atoms with E-state index in [-0.39, 0.29) is 0 Å². The molecule has 3 heterocycles. The van der Waals surface area contributed by atoms with E-state index in [1.165, 1.54) is 32.1 Å². The number of aromatic nitrogens is 2. The van der Waals surface area contributed by atoms with Crippen LogP contribution in [0.4, 0.5) is 5.95 Å². The molecule has 2 fully saturated rings. The van der Waals surface area contributed by atoms with Gasteiger partial charge in [0.1, 0.15) is 0 Å². The summed E-state index contributed by atoms with van der Waals surface area (Å²) >= 11 is 0. The van der Waals surface area contributed by atoms with E-state index >= 15 is 0 Å². The summed E-state index contributed by atoms with van der Waals surface area (Å²) in [4.78, 5) is 7.11. The molecule has 5 heteroatoms. The molecular formula is C16H28N4O. The normalized spacial score (nSPS) is 31.1. The maximum atomic E-state index is 5.26. The number of piperidine rings is 2. The average molecular weight is 292 g/mol. The van der Waals surface area contributed by atoms with E-state index in [2.05, 4.69) is 33.7 Å². The van der Waals surface area contributed by atoms with Gasteiger partial charge in [0.15, 0.2) is 0 Å². The second-order valence-electron chi connectivity index (χ2n) is 6.68. The first-order chi connectivity index (χ1) is 10.2. The molecule has 3 atom stereocenters. The van der Waals surface area contributed by atoms with E-state index in [0.717, 1.165) is 18.0 Å². The Morgan fingerprint density at radius 1 is 1.38 bits per heavy atom. The fraction of sp³-hybridized carbons (Fsp3) is 0.812. The van der Waals surface area contributed by atoms with Gasteiger partial charge in [0.2, 0.25) is 5.95 Å². The SMILES string of the molecule is COCC(C)n1ccnc1NC1CC2CCCC(C1)N2C. The summed E-state index contributed by atoms with van der Waals surface area (Å²) in [6, 6.07) is 2.35. The molecular weight excluding hydrogens is 264 g/mol. The number of rotatable bonds is 5. The van der Waals surface area contributed by atoms with Gasteiger partial charge in [0, 0.05) is 37.6 Å². The number of hydrogen-bond acceptors (Lipinski definition) is 4. The number of hydrogen-bond donors (Lipinski definition) is 1. The van der Waals surface area contributed by atoms with Crippen LogP contribution in [-0.2, 0) is 4.74 Å². The number of nitrogens with zero attached hydrogens (tertiary/aromatic N) is 3. The maximum Gasteiger partial charge on any atom is 0.203 e. The molecule has 0 spiro atoms. The third-order valence-corrected chi connectivity index (χ3v) is 5.22. The van der Waals surface area contributed by atoms with Gasteiger partial charge in [-0.1, -0.05) is 6.42 Å². The van der Waals surface area contributed by atoms with Crippen LogP contribution >= 0.6 is 0 Å². The van der Waals surface area contributed by atoms with Crippen molar-refractivity contribution >= 4 is 5.95 Å². The minimum atomic E-state index is 0.311. The summed E-state index contributed by atoms with van der Waals surface area (Å²) in [5.41, 5.74) is 0. The second kappa shape index (κ2) is 6.36. The largest absolute Gasteiger partial charge is 0.383 e. The van der Waals surface area contributed by atoms with Gasteiger partial charge in [-0.15, -0.1) is 0 Å². The first-order valence-electron chi connectivity index (χ1n) is 8.19. The number of ether oxygens (including phenoxy) is 1. The van der Waals surface area contributed by atoms with Gasteiger partial charge in [0.05, 0.1) is 12.6 Å². The summed E-state index contributed by atoms with van der Waals surface area (Å²) in [7, 11) is 4.05. The molecule has 1 aromatic rings. The Labute approximate surface area is 127 Å². The lowest BCUT2D eigenvalue weighted by Gasteiger charge is -2.47. The topological polar surface area (TPSA) is 42.3 Å². The average Bonchev–Trinajstić information content (AvgIpc) is 2.88. The highest BCUT2D eigenvalue weighted by molar-refractivity contribution is 5.29. The Balaban J connectivity index is 1.66. The number of nitrogens with one attached hydrogen (secondary N) is 1. The first-order valence-corrected chi connectivity index (χ1v) is 8.19. The molecule has 2 bridgehead atoms. The molecule has 0 radical (unpaired) electrons. The molecule has 3 unspecified atom stereocenters. The number of imidazole rings is 1. The van der Waals surface area contributed by atoms with Gasteiger partial charge in [-0.05, 0) is 39.7 Å². The summed E-state index contributed by atoms with van der Waals surface area (Å²) < 4.78 is 7.46. The van der Waals surface area contributed by atoms with Gasteiger partial charge in [-0.2, -0.15) is 0 Å². The highest BCUT2D eigenvalue weighted by Crippen LogP contribution is 2.33. The summed E-state index contributed by atoms with van der Waals surface area (Å²) in [6.07, 6.45) is 10.5. The summed E-state index contributed by atoms with van der Waals surface area (Å²) in [5, 5.41) is 3.69. The maximum absolute atomic E-state index is 5.26. The predicted octanol–water partition coefficient (Wildman–Crippen LogP) is 2.52. The van der Waals surface area contributed by atoms with Crippen molar-refractivity contribution in [2.24, 2.45) is 0 Å². The van der Waals surface area contributed by atoms with Gasteiger partial charge in [0.25, 0.3) is 0 Å². The molecule has 1 aromatic heterocycles. The van der Waals surface area contributed by atoms with Crippen LogP contribution in [0, 0.1) is 0 Å². The van der Waals surface area contributed by atoms with E-state index in [4.69, 9.17) is 4.74 Å². The van der Waals surface area contributed by atoms with E-state index in [9.17, 15) is 0 Å². The van der Waals surface area contributed by atoms with Gasteiger partial charge >= 0.3 is 0 Å². The minimum absolute atomic E-state index is 0.311. The molecule has 0 saturated carbocycles. The molecule has 21 heavy (non-hydrogen) atoms. The highest BCUT2D eigenvalue weighted by atomic mass is 16.5. The van der Waals surface area contributed by atoms with Crippen molar-refractivity contribution in [1.82, 2.24) is 14.5 Å². The molecule has 0 aromatic carbocycles. The zero-order valence-corrected chi connectivity index (χ0v) is 13.5. The standard InChI is InChI=1S/C16H28N4O/c1-12(11-21-3)20-8-7-17-16(20)18-13-9-14-5-4-6-15(10-13)19(14)2/h7-8,12-15H,4-6,9-11H2,1-3H3,(H,17,18). The van der Waals surface area contributed by atoms with Crippen molar-refractivity contribution in [3.8, 4) is 0 Å². The summed E-state index contributed by atoms with van der Waals surface area (Å²) in [5.74, 6) is 0.993. The Morgan fingerprint density at radius 2 is 2.10 bits per heavy atom. The smallest absolute Gasteiger partial charge is 0.203 e. The van der Waals surface area contributed by atoms with Crippen LogP contribution in [0.1, 0.15) is 45.1 Å². The van der Waals surface area contributed by atoms with E-state index in [1.807, 2.05) is 12.4 Å². The van der Waals surface area contributed by atoms with Crippen LogP contribution in [-0.4, -0.2) is 53.3 Å². The van der Waals surface area contributed by atoms with Gasteiger partial charge < -0.3 is 19.5 Å². The van der Waals surface area contributed by atoms with Crippen molar-refractivity contribution < 1.29 is 4.74 Å². The monoisotopic (exact) mass is 292 g/mol. The lowest BCUT2D eigenvalue weighted by atomic mass is 9.82. The number of anilines is 1. The lowest BCUT2D eigenvalue weighted by Crippen LogP contribution is -2.53. The molecule has 2 aliphatic heterocycles. The van der Waals surface area contributed by atoms with E-state index in [0.29, 0.717) is 18.7 Å². The van der Waals surface area contributed by atoms with Crippen LogP contribution in [0.25, 0.3) is 0 Å². The Kier molecular flexibility index (Phi) is 4.50. The zero-order chi connectivity index (χ0) is 14.8. The van der Waals surface area contributed by atoms with Gasteiger partial charge in [-0.25, -0.2) is 4.98 Å².